The van der Waals surface area contributed by atoms with Crippen molar-refractivity contribution in [2.75, 3.05) is 0 Å². The minimum atomic E-state index is -0.556. The van der Waals surface area contributed by atoms with Crippen LogP contribution in [0.25, 0.3) is 10.2 Å². The third kappa shape index (κ3) is 3.44. The van der Waals surface area contributed by atoms with E-state index < -0.39 is 11.8 Å². The molecule has 0 atom stereocenters. The first kappa shape index (κ1) is 22.5. The van der Waals surface area contributed by atoms with E-state index in [9.17, 15) is 14.4 Å². The molecule has 4 rings (SSSR count). The highest BCUT2D eigenvalue weighted by molar-refractivity contribution is 7.19. The summed E-state index contributed by atoms with van der Waals surface area (Å²) in [5, 5.41) is 2.97. The molecule has 0 N–H and O–H groups in total. The number of amides is 3. The molecule has 170 valence electrons. The number of amidine groups is 1. The Hall–Kier alpha value is -2.65. The Kier molecular flexibility index (Phi) is 5.67. The molecular formula is C23H28N4O4S. The summed E-state index contributed by atoms with van der Waals surface area (Å²) in [6.07, 6.45) is 1.28. The minimum Gasteiger partial charge on any atom is -0.370 e. The number of aromatic nitrogens is 1. The van der Waals surface area contributed by atoms with E-state index in [0.717, 1.165) is 25.7 Å². The van der Waals surface area contributed by atoms with Crippen LogP contribution in [0.5, 0.6) is 0 Å². The van der Waals surface area contributed by atoms with Gasteiger partial charge in [0.15, 0.2) is 0 Å². The van der Waals surface area contributed by atoms with Crippen molar-refractivity contribution in [3.8, 4) is 0 Å². The monoisotopic (exact) mass is 456 g/mol. The summed E-state index contributed by atoms with van der Waals surface area (Å²) in [5.74, 6) is -0.979. The van der Waals surface area contributed by atoms with Gasteiger partial charge in [-0.2, -0.15) is 10.0 Å². The topological polar surface area (TPSA) is 92.2 Å². The van der Waals surface area contributed by atoms with E-state index in [0.29, 0.717) is 36.7 Å². The molecule has 2 aliphatic rings. The summed E-state index contributed by atoms with van der Waals surface area (Å²) in [5.41, 5.74) is 2.02. The Morgan fingerprint density at radius 2 is 1.78 bits per heavy atom. The second-order valence-corrected chi connectivity index (χ2v) is 9.72. The molecule has 2 aromatic rings. The lowest BCUT2D eigenvalue weighted by molar-refractivity contribution is -0.149. The molecule has 4 heterocycles. The zero-order chi connectivity index (χ0) is 23.4. The molecule has 0 spiro atoms. The molecule has 0 saturated carbocycles. The zero-order valence-electron chi connectivity index (χ0n) is 19.4. The number of nitrogens with zero attached hydrogens (tertiary/aromatic N) is 4. The second kappa shape index (κ2) is 8.04. The normalized spacial score (nSPS) is 17.7. The average molecular weight is 457 g/mol. The largest absolute Gasteiger partial charge is 0.370 e. The fraction of sp³-hybridized carbons (Fsp3) is 0.522. The van der Waals surface area contributed by atoms with Crippen molar-refractivity contribution in [2.24, 2.45) is 4.99 Å². The van der Waals surface area contributed by atoms with E-state index in [-0.39, 0.29) is 29.9 Å². The summed E-state index contributed by atoms with van der Waals surface area (Å²) in [4.78, 5) is 51.1. The van der Waals surface area contributed by atoms with Gasteiger partial charge in [-0.1, -0.05) is 20.8 Å². The number of aliphatic imine (C=N–C) groups is 1. The van der Waals surface area contributed by atoms with Crippen molar-refractivity contribution in [2.45, 2.75) is 79.4 Å². The first-order valence-corrected chi connectivity index (χ1v) is 11.8. The maximum atomic E-state index is 13.8. The molecule has 0 radical (unpaired) electrons. The summed E-state index contributed by atoms with van der Waals surface area (Å²) in [6, 6.07) is 0. The molecule has 0 fully saturated rings. The van der Waals surface area contributed by atoms with Gasteiger partial charge in [-0.05, 0) is 26.3 Å². The smallest absolute Gasteiger partial charge is 0.284 e. The number of carbonyl (C=O) groups is 3. The summed E-state index contributed by atoms with van der Waals surface area (Å²) >= 11 is 1.55. The third-order valence-electron chi connectivity index (χ3n) is 5.86. The van der Waals surface area contributed by atoms with Crippen LogP contribution >= 0.6 is 11.3 Å². The Morgan fingerprint density at radius 1 is 1.12 bits per heavy atom. The first-order valence-electron chi connectivity index (χ1n) is 11.0. The molecule has 9 heteroatoms. The molecule has 32 heavy (non-hydrogen) atoms. The zero-order valence-corrected chi connectivity index (χ0v) is 20.2. The maximum Gasteiger partial charge on any atom is 0.284 e. The Balaban J connectivity index is 2.08. The number of thiophene rings is 1. The van der Waals surface area contributed by atoms with E-state index in [1.165, 1.54) is 5.01 Å². The molecule has 2 aromatic heterocycles. The van der Waals surface area contributed by atoms with Crippen molar-refractivity contribution in [3.05, 3.63) is 21.7 Å². The fourth-order valence-electron chi connectivity index (χ4n) is 4.23. The number of carbonyl (C=O) groups excluding carboxylic acids is 3. The molecular weight excluding hydrogens is 428 g/mol. The van der Waals surface area contributed by atoms with Crippen LogP contribution in [0.4, 0.5) is 5.69 Å². The number of aryl methyl sites for hydroxylation is 1. The Morgan fingerprint density at radius 3 is 2.41 bits per heavy atom. The number of hydrogen-bond acceptors (Lipinski definition) is 7. The standard InChI is InChI=1S/C23H28N4O4S/c1-7-15-25-20-18(22(30)27(17(29)9-3)26(15)16(28)8-2)12(4)24-21-19(20)13-10-23(5,6)31-11-14(13)32-21/h7-11H2,1-6H3. The van der Waals surface area contributed by atoms with Crippen molar-refractivity contribution in [1.29, 1.82) is 0 Å². The second-order valence-electron chi connectivity index (χ2n) is 8.63. The number of fused-ring (bicyclic) bond motifs is 5. The van der Waals surface area contributed by atoms with Crippen LogP contribution in [-0.4, -0.2) is 44.2 Å². The highest BCUT2D eigenvalue weighted by Gasteiger charge is 2.40. The number of ether oxygens (including phenoxy) is 1. The molecule has 0 unspecified atom stereocenters. The number of pyridine rings is 1. The number of imide groups is 1. The van der Waals surface area contributed by atoms with Crippen LogP contribution in [0, 0.1) is 6.92 Å². The van der Waals surface area contributed by atoms with Crippen LogP contribution in [0.2, 0.25) is 0 Å². The number of hydrazine groups is 1. The first-order chi connectivity index (χ1) is 15.1. The van der Waals surface area contributed by atoms with E-state index in [4.69, 9.17) is 14.7 Å². The van der Waals surface area contributed by atoms with Crippen LogP contribution in [0.1, 0.15) is 80.4 Å². The molecule has 0 aromatic carbocycles. The highest BCUT2D eigenvalue weighted by atomic mass is 32.1. The highest BCUT2D eigenvalue weighted by Crippen LogP contribution is 2.45. The van der Waals surface area contributed by atoms with Crippen molar-refractivity contribution in [3.63, 3.8) is 0 Å². The predicted molar refractivity (Wildman–Crippen MR) is 123 cm³/mol. The van der Waals surface area contributed by atoms with Gasteiger partial charge in [-0.15, -0.1) is 11.3 Å². The van der Waals surface area contributed by atoms with Gasteiger partial charge in [0.25, 0.3) is 5.91 Å². The number of hydrogen-bond donors (Lipinski definition) is 0. The van der Waals surface area contributed by atoms with Gasteiger partial charge in [-0.3, -0.25) is 14.4 Å². The van der Waals surface area contributed by atoms with Crippen molar-refractivity contribution >= 4 is 50.8 Å². The molecule has 0 saturated heterocycles. The van der Waals surface area contributed by atoms with Gasteiger partial charge in [0.1, 0.15) is 10.7 Å². The van der Waals surface area contributed by atoms with Gasteiger partial charge in [0.05, 0.1) is 29.2 Å². The van der Waals surface area contributed by atoms with Crippen molar-refractivity contribution < 1.29 is 19.1 Å². The quantitative estimate of drug-likeness (QED) is 0.681. The van der Waals surface area contributed by atoms with Crippen LogP contribution < -0.4 is 0 Å². The Bertz CT molecular complexity index is 1180. The number of rotatable bonds is 3. The minimum absolute atomic E-state index is 0.0830. The van der Waals surface area contributed by atoms with Gasteiger partial charge < -0.3 is 4.74 Å². The van der Waals surface area contributed by atoms with Crippen LogP contribution in [0.15, 0.2) is 4.99 Å². The average Bonchev–Trinajstić information content (AvgIpc) is 3.03. The molecule has 8 nitrogen and oxygen atoms in total. The maximum absolute atomic E-state index is 13.8. The van der Waals surface area contributed by atoms with E-state index in [1.807, 2.05) is 20.8 Å². The van der Waals surface area contributed by atoms with E-state index in [2.05, 4.69) is 0 Å². The van der Waals surface area contributed by atoms with Crippen molar-refractivity contribution in [1.82, 2.24) is 15.0 Å². The SMILES string of the molecule is CCC(=O)N1C(=O)c2c(C)nc3sc4c(c3c2N=C(CC)N1C(=O)CC)CC(C)(C)OC4. The van der Waals surface area contributed by atoms with E-state index in [1.54, 1.807) is 32.1 Å². The lowest BCUT2D eigenvalue weighted by Crippen LogP contribution is -2.54. The summed E-state index contributed by atoms with van der Waals surface area (Å²) < 4.78 is 5.98. The third-order valence-corrected chi connectivity index (χ3v) is 6.96. The predicted octanol–water partition coefficient (Wildman–Crippen LogP) is 4.44. The Labute approximate surface area is 191 Å². The van der Waals surface area contributed by atoms with Crippen LogP contribution in [-0.2, 0) is 27.4 Å². The van der Waals surface area contributed by atoms with Gasteiger partial charge in [0, 0.05) is 35.9 Å². The van der Waals surface area contributed by atoms with Gasteiger partial charge in [0.2, 0.25) is 11.8 Å². The lowest BCUT2D eigenvalue weighted by atomic mass is 9.93. The summed E-state index contributed by atoms with van der Waals surface area (Å²) in [7, 11) is 0. The molecule has 0 bridgehead atoms. The molecule has 0 aliphatic carbocycles. The van der Waals surface area contributed by atoms with Crippen LogP contribution in [0.3, 0.4) is 0 Å². The fourth-order valence-corrected chi connectivity index (χ4v) is 5.38. The molecule has 2 aliphatic heterocycles. The summed E-state index contributed by atoms with van der Waals surface area (Å²) in [6.45, 7) is 11.5. The van der Waals surface area contributed by atoms with E-state index >= 15 is 0 Å². The van der Waals surface area contributed by atoms with Gasteiger partial charge in [-0.25, -0.2) is 9.98 Å². The van der Waals surface area contributed by atoms with Gasteiger partial charge >= 0.3 is 0 Å². The lowest BCUT2D eigenvalue weighted by Gasteiger charge is -2.31. The molecule has 3 amide bonds.